The molecule has 0 unspecified atom stereocenters. The Balaban J connectivity index is 1.46. The predicted molar refractivity (Wildman–Crippen MR) is 121 cm³/mol. The average Bonchev–Trinajstić information content (AvgIpc) is 3.16. The summed E-state index contributed by atoms with van der Waals surface area (Å²) in [5.41, 5.74) is 5.66. The summed E-state index contributed by atoms with van der Waals surface area (Å²) in [5, 5.41) is 4.52. The minimum Gasteiger partial charge on any atom is -0.493 e. The zero-order valence-electron chi connectivity index (χ0n) is 16.9. The van der Waals surface area contributed by atoms with Crippen LogP contribution in [0, 0.1) is 6.92 Å². The molecule has 0 atom stereocenters. The molecule has 0 aliphatic carbocycles. The molecule has 0 amide bonds. The number of ether oxygens (including phenoxy) is 2. The van der Waals surface area contributed by atoms with Crippen LogP contribution in [0.15, 0.2) is 60.7 Å². The van der Waals surface area contributed by atoms with Crippen molar-refractivity contribution in [3.63, 3.8) is 0 Å². The van der Waals surface area contributed by atoms with Crippen LogP contribution in [0.2, 0.25) is 0 Å². The van der Waals surface area contributed by atoms with Crippen molar-refractivity contribution in [2.45, 2.75) is 20.4 Å². The van der Waals surface area contributed by atoms with Gasteiger partial charge < -0.3 is 14.8 Å². The molecule has 0 spiro atoms. The SMILES string of the molecule is CCOc1cc(CNc2ccc(-c3nc4ccc(C)cc4s3)cc2)ccc1OC. The van der Waals surface area contributed by atoms with Crippen LogP contribution in [0.5, 0.6) is 11.5 Å². The van der Waals surface area contributed by atoms with Gasteiger partial charge in [0.15, 0.2) is 11.5 Å². The highest BCUT2D eigenvalue weighted by atomic mass is 32.1. The van der Waals surface area contributed by atoms with Crippen LogP contribution in [0.3, 0.4) is 0 Å². The van der Waals surface area contributed by atoms with E-state index >= 15 is 0 Å². The molecule has 3 aromatic carbocycles. The van der Waals surface area contributed by atoms with Crippen LogP contribution in [-0.2, 0) is 6.54 Å². The summed E-state index contributed by atoms with van der Waals surface area (Å²) in [7, 11) is 1.66. The number of nitrogens with zero attached hydrogens (tertiary/aromatic N) is 1. The summed E-state index contributed by atoms with van der Waals surface area (Å²) in [6.45, 7) is 5.40. The van der Waals surface area contributed by atoms with Gasteiger partial charge in [0.25, 0.3) is 0 Å². The standard InChI is InChI=1S/C24H24N2O2S/c1-4-28-22-14-17(6-12-21(22)27-3)15-25-19-9-7-18(8-10-19)24-26-20-11-5-16(2)13-23(20)29-24/h5-14,25H,4,15H2,1-3H3. The molecule has 0 saturated carbocycles. The normalized spacial score (nSPS) is 10.9. The molecule has 0 saturated heterocycles. The number of aromatic nitrogens is 1. The van der Waals surface area contributed by atoms with Gasteiger partial charge in [-0.15, -0.1) is 11.3 Å². The maximum absolute atomic E-state index is 5.66. The Morgan fingerprint density at radius 3 is 2.55 bits per heavy atom. The van der Waals surface area contributed by atoms with E-state index in [1.807, 2.05) is 25.1 Å². The van der Waals surface area contributed by atoms with Crippen molar-refractivity contribution in [2.24, 2.45) is 0 Å². The third-order valence-electron chi connectivity index (χ3n) is 4.70. The smallest absolute Gasteiger partial charge is 0.161 e. The van der Waals surface area contributed by atoms with Crippen molar-refractivity contribution >= 4 is 27.2 Å². The van der Waals surface area contributed by atoms with Gasteiger partial charge in [-0.05, 0) is 73.5 Å². The van der Waals surface area contributed by atoms with E-state index in [-0.39, 0.29) is 0 Å². The molecule has 5 heteroatoms. The lowest BCUT2D eigenvalue weighted by atomic mass is 10.1. The Morgan fingerprint density at radius 1 is 0.966 bits per heavy atom. The number of anilines is 1. The number of aryl methyl sites for hydroxylation is 1. The second-order valence-corrected chi connectivity index (χ2v) is 7.87. The molecule has 0 radical (unpaired) electrons. The average molecular weight is 405 g/mol. The first-order chi connectivity index (χ1) is 14.2. The molecule has 29 heavy (non-hydrogen) atoms. The Morgan fingerprint density at radius 2 is 1.79 bits per heavy atom. The monoisotopic (exact) mass is 404 g/mol. The number of nitrogens with one attached hydrogen (secondary N) is 1. The van der Waals surface area contributed by atoms with E-state index < -0.39 is 0 Å². The topological polar surface area (TPSA) is 43.4 Å². The fourth-order valence-corrected chi connectivity index (χ4v) is 4.26. The zero-order valence-corrected chi connectivity index (χ0v) is 17.7. The summed E-state index contributed by atoms with van der Waals surface area (Å²) in [5.74, 6) is 1.53. The van der Waals surface area contributed by atoms with E-state index in [4.69, 9.17) is 14.5 Å². The Bertz CT molecular complexity index is 1120. The zero-order chi connectivity index (χ0) is 20.2. The molecular weight excluding hydrogens is 380 g/mol. The van der Waals surface area contributed by atoms with Gasteiger partial charge in [-0.3, -0.25) is 0 Å². The maximum Gasteiger partial charge on any atom is 0.161 e. The van der Waals surface area contributed by atoms with Crippen LogP contribution in [0.25, 0.3) is 20.8 Å². The highest BCUT2D eigenvalue weighted by Crippen LogP contribution is 2.32. The Labute approximate surface area is 175 Å². The van der Waals surface area contributed by atoms with Crippen LogP contribution in [0.1, 0.15) is 18.1 Å². The summed E-state index contributed by atoms with van der Waals surface area (Å²) in [4.78, 5) is 4.76. The first kappa shape index (κ1) is 19.3. The van der Waals surface area contributed by atoms with Crippen LogP contribution < -0.4 is 14.8 Å². The number of hydrogen-bond donors (Lipinski definition) is 1. The van der Waals surface area contributed by atoms with E-state index in [1.54, 1.807) is 18.4 Å². The van der Waals surface area contributed by atoms with E-state index in [2.05, 4.69) is 54.7 Å². The second kappa shape index (κ2) is 8.53. The number of methoxy groups -OCH3 is 1. The van der Waals surface area contributed by atoms with Crippen molar-refractivity contribution in [1.82, 2.24) is 4.98 Å². The predicted octanol–water partition coefficient (Wildman–Crippen LogP) is 6.29. The second-order valence-electron chi connectivity index (χ2n) is 6.84. The molecule has 1 heterocycles. The molecule has 0 fully saturated rings. The molecule has 4 nitrogen and oxygen atoms in total. The molecule has 4 aromatic rings. The highest BCUT2D eigenvalue weighted by molar-refractivity contribution is 7.21. The molecule has 1 N–H and O–H groups in total. The van der Waals surface area contributed by atoms with Gasteiger partial charge in [0.1, 0.15) is 5.01 Å². The van der Waals surface area contributed by atoms with Gasteiger partial charge in [0.05, 0.1) is 23.9 Å². The first-order valence-electron chi connectivity index (χ1n) is 9.67. The van der Waals surface area contributed by atoms with E-state index in [1.165, 1.54) is 10.3 Å². The van der Waals surface area contributed by atoms with Gasteiger partial charge in [-0.2, -0.15) is 0 Å². The van der Waals surface area contributed by atoms with Crippen molar-refractivity contribution in [1.29, 1.82) is 0 Å². The van der Waals surface area contributed by atoms with E-state index in [9.17, 15) is 0 Å². The number of fused-ring (bicyclic) bond motifs is 1. The molecule has 1 aromatic heterocycles. The molecule has 0 aliphatic heterocycles. The summed E-state index contributed by atoms with van der Waals surface area (Å²) in [6.07, 6.45) is 0. The third kappa shape index (κ3) is 4.35. The Kier molecular flexibility index (Phi) is 5.67. The number of thiazole rings is 1. The molecule has 148 valence electrons. The number of rotatable bonds is 7. The summed E-state index contributed by atoms with van der Waals surface area (Å²) < 4.78 is 12.2. The first-order valence-corrected chi connectivity index (χ1v) is 10.5. The minimum atomic E-state index is 0.611. The minimum absolute atomic E-state index is 0.611. The lowest BCUT2D eigenvalue weighted by Gasteiger charge is -2.12. The largest absolute Gasteiger partial charge is 0.493 e. The molecule has 0 aliphatic rings. The van der Waals surface area contributed by atoms with Gasteiger partial charge in [-0.25, -0.2) is 4.98 Å². The number of benzene rings is 3. The van der Waals surface area contributed by atoms with Gasteiger partial charge in [0, 0.05) is 17.8 Å². The van der Waals surface area contributed by atoms with E-state index in [0.29, 0.717) is 13.2 Å². The lowest BCUT2D eigenvalue weighted by Crippen LogP contribution is -2.01. The van der Waals surface area contributed by atoms with Crippen molar-refractivity contribution in [3.8, 4) is 22.1 Å². The molecule has 4 rings (SSSR count). The Hall–Kier alpha value is -3.05. The van der Waals surface area contributed by atoms with Crippen molar-refractivity contribution < 1.29 is 9.47 Å². The van der Waals surface area contributed by atoms with Crippen LogP contribution in [-0.4, -0.2) is 18.7 Å². The van der Waals surface area contributed by atoms with Gasteiger partial charge in [-0.1, -0.05) is 12.1 Å². The summed E-state index contributed by atoms with van der Waals surface area (Å²) >= 11 is 1.73. The third-order valence-corrected chi connectivity index (χ3v) is 5.77. The highest BCUT2D eigenvalue weighted by Gasteiger charge is 2.08. The number of hydrogen-bond acceptors (Lipinski definition) is 5. The van der Waals surface area contributed by atoms with Crippen molar-refractivity contribution in [2.75, 3.05) is 19.0 Å². The van der Waals surface area contributed by atoms with Crippen molar-refractivity contribution in [3.05, 3.63) is 71.8 Å². The van der Waals surface area contributed by atoms with Crippen LogP contribution in [0.4, 0.5) is 5.69 Å². The summed E-state index contributed by atoms with van der Waals surface area (Å²) in [6, 6.07) is 20.8. The quantitative estimate of drug-likeness (QED) is 0.393. The van der Waals surface area contributed by atoms with Crippen LogP contribution >= 0.6 is 11.3 Å². The lowest BCUT2D eigenvalue weighted by molar-refractivity contribution is 0.310. The van der Waals surface area contributed by atoms with Gasteiger partial charge >= 0.3 is 0 Å². The van der Waals surface area contributed by atoms with E-state index in [0.717, 1.165) is 38.8 Å². The fourth-order valence-electron chi connectivity index (χ4n) is 3.19. The van der Waals surface area contributed by atoms with Gasteiger partial charge in [0.2, 0.25) is 0 Å². The molecular formula is C24H24N2O2S. The molecule has 0 bridgehead atoms. The fraction of sp³-hybridized carbons (Fsp3) is 0.208. The maximum atomic E-state index is 5.66.